The third-order valence-electron chi connectivity index (χ3n) is 2.98. The predicted molar refractivity (Wildman–Crippen MR) is 73.7 cm³/mol. The smallest absolute Gasteiger partial charge is 0.0399 e. The maximum absolute atomic E-state index is 2.46. The second-order valence-corrected chi connectivity index (χ2v) is 5.41. The van der Waals surface area contributed by atoms with Crippen LogP contribution >= 0.6 is 0 Å². The molecule has 0 atom stereocenters. The average Bonchev–Trinajstić information content (AvgIpc) is 2.19. The van der Waals surface area contributed by atoms with Gasteiger partial charge < -0.3 is 4.90 Å². The van der Waals surface area contributed by atoms with E-state index in [1.807, 2.05) is 0 Å². The molecule has 0 bridgehead atoms. The molecule has 1 aromatic carbocycles. The first-order chi connectivity index (χ1) is 7.11. The highest BCUT2D eigenvalue weighted by Crippen LogP contribution is 2.25. The van der Waals surface area contributed by atoms with Crippen molar-refractivity contribution in [3.63, 3.8) is 0 Å². The first-order valence-electron chi connectivity index (χ1n) is 5.96. The Morgan fingerprint density at radius 1 is 1.20 bits per heavy atom. The molecule has 0 aliphatic heterocycles. The molecule has 1 nitrogen and oxygen atoms in total. The SMILES string of the molecule is CCN(CC)c1cccc([SiH3])c1C(C)C. The summed E-state index contributed by atoms with van der Waals surface area (Å²) in [6.07, 6.45) is 0. The lowest BCUT2D eigenvalue weighted by Crippen LogP contribution is -2.26. The second kappa shape index (κ2) is 5.36. The molecule has 15 heavy (non-hydrogen) atoms. The van der Waals surface area contributed by atoms with Crippen LogP contribution in [0.5, 0.6) is 0 Å². The number of nitrogens with zero attached hydrogens (tertiary/aromatic N) is 1. The van der Waals surface area contributed by atoms with Crippen LogP contribution in [0.15, 0.2) is 18.2 Å². The summed E-state index contributed by atoms with van der Waals surface area (Å²) in [6.45, 7) is 11.2. The molecule has 0 unspecified atom stereocenters. The Morgan fingerprint density at radius 3 is 2.27 bits per heavy atom. The summed E-state index contributed by atoms with van der Waals surface area (Å²) < 4.78 is 0. The van der Waals surface area contributed by atoms with E-state index < -0.39 is 0 Å². The van der Waals surface area contributed by atoms with E-state index in [1.54, 1.807) is 10.8 Å². The van der Waals surface area contributed by atoms with Crippen molar-refractivity contribution in [3.05, 3.63) is 23.8 Å². The summed E-state index contributed by atoms with van der Waals surface area (Å²) in [4.78, 5) is 2.46. The Bertz CT molecular complexity index is 316. The van der Waals surface area contributed by atoms with E-state index in [0.717, 1.165) is 23.3 Å². The minimum atomic E-state index is 0.634. The fourth-order valence-corrected chi connectivity index (χ4v) is 3.28. The van der Waals surface area contributed by atoms with Crippen LogP contribution in [0.1, 0.15) is 39.2 Å². The summed E-state index contributed by atoms with van der Waals surface area (Å²) in [5, 5.41) is 1.55. The molecular weight excluding hydrogens is 198 g/mol. The van der Waals surface area contributed by atoms with Crippen molar-refractivity contribution in [2.75, 3.05) is 18.0 Å². The maximum Gasteiger partial charge on any atom is 0.0399 e. The molecule has 0 heterocycles. The van der Waals surface area contributed by atoms with Crippen LogP contribution in [0.2, 0.25) is 0 Å². The van der Waals surface area contributed by atoms with Gasteiger partial charge in [0, 0.05) is 29.0 Å². The highest BCUT2D eigenvalue weighted by Gasteiger charge is 2.12. The van der Waals surface area contributed by atoms with Crippen LogP contribution < -0.4 is 10.1 Å². The average molecular weight is 221 g/mol. The van der Waals surface area contributed by atoms with E-state index in [2.05, 4.69) is 50.8 Å². The van der Waals surface area contributed by atoms with E-state index in [-0.39, 0.29) is 0 Å². The number of anilines is 1. The van der Waals surface area contributed by atoms with Gasteiger partial charge in [0.15, 0.2) is 0 Å². The zero-order chi connectivity index (χ0) is 11.4. The fourth-order valence-electron chi connectivity index (χ4n) is 2.26. The van der Waals surface area contributed by atoms with E-state index in [1.165, 1.54) is 5.69 Å². The van der Waals surface area contributed by atoms with Gasteiger partial charge in [0.05, 0.1) is 0 Å². The molecule has 84 valence electrons. The minimum Gasteiger partial charge on any atom is -0.372 e. The minimum absolute atomic E-state index is 0.634. The van der Waals surface area contributed by atoms with E-state index in [9.17, 15) is 0 Å². The van der Waals surface area contributed by atoms with Crippen molar-refractivity contribution in [1.29, 1.82) is 0 Å². The Labute approximate surface area is 96.9 Å². The fraction of sp³-hybridized carbons (Fsp3) is 0.538. The number of hydrogen-bond donors (Lipinski definition) is 0. The van der Waals surface area contributed by atoms with Crippen molar-refractivity contribution in [2.24, 2.45) is 0 Å². The molecule has 0 aliphatic carbocycles. The largest absolute Gasteiger partial charge is 0.372 e. The van der Waals surface area contributed by atoms with Crippen LogP contribution in [-0.2, 0) is 0 Å². The number of rotatable bonds is 4. The molecule has 0 radical (unpaired) electrons. The van der Waals surface area contributed by atoms with Crippen LogP contribution in [0.25, 0.3) is 0 Å². The van der Waals surface area contributed by atoms with Crippen molar-refractivity contribution in [1.82, 2.24) is 0 Å². The van der Waals surface area contributed by atoms with Gasteiger partial charge in [-0.1, -0.05) is 31.2 Å². The molecule has 2 heteroatoms. The number of hydrogen-bond acceptors (Lipinski definition) is 1. The van der Waals surface area contributed by atoms with Crippen LogP contribution in [0, 0.1) is 0 Å². The molecule has 0 fully saturated rings. The third kappa shape index (κ3) is 2.62. The van der Waals surface area contributed by atoms with Gasteiger partial charge >= 0.3 is 0 Å². The Kier molecular flexibility index (Phi) is 4.39. The molecule has 1 rings (SSSR count). The molecule has 0 aromatic heterocycles. The molecule has 0 saturated heterocycles. The lowest BCUT2D eigenvalue weighted by atomic mass is 10.00. The van der Waals surface area contributed by atoms with Crippen LogP contribution in [0.4, 0.5) is 5.69 Å². The second-order valence-electron chi connectivity index (χ2n) is 4.33. The maximum atomic E-state index is 2.46. The molecule has 0 spiro atoms. The first-order valence-corrected chi connectivity index (χ1v) is 6.96. The van der Waals surface area contributed by atoms with Crippen molar-refractivity contribution >= 4 is 21.1 Å². The Balaban J connectivity index is 3.21. The van der Waals surface area contributed by atoms with Crippen LogP contribution in [-0.4, -0.2) is 23.3 Å². The molecule has 1 aromatic rings. The van der Waals surface area contributed by atoms with Gasteiger partial charge in [-0.3, -0.25) is 0 Å². The Hall–Kier alpha value is -0.763. The van der Waals surface area contributed by atoms with E-state index >= 15 is 0 Å². The normalized spacial score (nSPS) is 11.0. The topological polar surface area (TPSA) is 3.24 Å². The van der Waals surface area contributed by atoms with Gasteiger partial charge in [-0.25, -0.2) is 0 Å². The zero-order valence-electron chi connectivity index (χ0n) is 10.7. The standard InChI is InChI=1S/C13H23NSi/c1-5-14(6-2)11-8-7-9-12(15)13(11)10(3)4/h7-10H,5-6H2,1-4,15H3. The predicted octanol–water partition coefficient (Wildman–Crippen LogP) is 1.65. The number of benzene rings is 1. The van der Waals surface area contributed by atoms with Gasteiger partial charge in [0.25, 0.3) is 0 Å². The van der Waals surface area contributed by atoms with Crippen LogP contribution in [0.3, 0.4) is 0 Å². The van der Waals surface area contributed by atoms with E-state index in [4.69, 9.17) is 0 Å². The first kappa shape index (κ1) is 12.3. The zero-order valence-corrected chi connectivity index (χ0v) is 12.7. The van der Waals surface area contributed by atoms with Gasteiger partial charge in [0.1, 0.15) is 0 Å². The highest BCUT2D eigenvalue weighted by molar-refractivity contribution is 6.33. The lowest BCUT2D eigenvalue weighted by Gasteiger charge is -2.27. The quantitative estimate of drug-likeness (QED) is 0.699. The molecule has 0 N–H and O–H groups in total. The van der Waals surface area contributed by atoms with Crippen molar-refractivity contribution in [2.45, 2.75) is 33.6 Å². The Morgan fingerprint density at radius 2 is 1.80 bits per heavy atom. The molecule has 0 amide bonds. The summed E-state index contributed by atoms with van der Waals surface area (Å²) in [5.74, 6) is 0.634. The van der Waals surface area contributed by atoms with Gasteiger partial charge in [-0.15, -0.1) is 0 Å². The van der Waals surface area contributed by atoms with Crippen molar-refractivity contribution in [3.8, 4) is 0 Å². The molecular formula is C13H23NSi. The molecule has 0 aliphatic rings. The summed E-state index contributed by atoms with van der Waals surface area (Å²) in [5.41, 5.74) is 3.01. The van der Waals surface area contributed by atoms with Gasteiger partial charge in [-0.05, 0) is 31.4 Å². The summed E-state index contributed by atoms with van der Waals surface area (Å²) in [6, 6.07) is 6.74. The monoisotopic (exact) mass is 221 g/mol. The molecule has 0 saturated carbocycles. The van der Waals surface area contributed by atoms with Gasteiger partial charge in [-0.2, -0.15) is 0 Å². The van der Waals surface area contributed by atoms with E-state index in [0.29, 0.717) is 5.92 Å². The van der Waals surface area contributed by atoms with Crippen molar-refractivity contribution < 1.29 is 0 Å². The third-order valence-corrected chi connectivity index (χ3v) is 3.85. The summed E-state index contributed by atoms with van der Waals surface area (Å²) >= 11 is 0. The highest BCUT2D eigenvalue weighted by atomic mass is 28.1. The summed E-state index contributed by atoms with van der Waals surface area (Å²) in [7, 11) is 1.15. The lowest BCUT2D eigenvalue weighted by molar-refractivity contribution is 0.821. The van der Waals surface area contributed by atoms with Gasteiger partial charge in [0.2, 0.25) is 0 Å².